The number of ketones is 1. The zero-order chi connectivity index (χ0) is 26.5. The maximum absolute atomic E-state index is 13.4. The molecule has 37 heavy (non-hydrogen) atoms. The fourth-order valence-corrected chi connectivity index (χ4v) is 4.95. The molecule has 0 radical (unpaired) electrons. The minimum absolute atomic E-state index is 0.0243. The number of hydrogen-bond donors (Lipinski definition) is 1. The molecule has 2 aliphatic heterocycles. The van der Waals surface area contributed by atoms with Gasteiger partial charge in [-0.2, -0.15) is 0 Å². The van der Waals surface area contributed by atoms with Gasteiger partial charge < -0.3 is 29.0 Å². The van der Waals surface area contributed by atoms with Gasteiger partial charge in [0.25, 0.3) is 11.7 Å². The predicted octanol–water partition coefficient (Wildman–Crippen LogP) is 3.16. The van der Waals surface area contributed by atoms with Crippen LogP contribution >= 0.6 is 0 Å². The van der Waals surface area contributed by atoms with Gasteiger partial charge in [-0.15, -0.1) is 0 Å². The molecule has 2 heterocycles. The van der Waals surface area contributed by atoms with Crippen LogP contribution in [0.1, 0.15) is 29.2 Å². The van der Waals surface area contributed by atoms with Crippen LogP contribution in [0.15, 0.2) is 42.0 Å². The Morgan fingerprint density at radius 1 is 0.973 bits per heavy atom. The van der Waals surface area contributed by atoms with E-state index in [1.807, 2.05) is 6.92 Å². The molecule has 9 heteroatoms. The van der Waals surface area contributed by atoms with Crippen molar-refractivity contribution in [3.63, 3.8) is 0 Å². The molecule has 0 bridgehead atoms. The molecule has 2 aliphatic rings. The number of amides is 1. The van der Waals surface area contributed by atoms with Crippen LogP contribution in [0.25, 0.3) is 5.76 Å². The van der Waals surface area contributed by atoms with Gasteiger partial charge in [0.15, 0.2) is 0 Å². The highest BCUT2D eigenvalue weighted by atomic mass is 16.5. The van der Waals surface area contributed by atoms with Crippen LogP contribution in [0.3, 0.4) is 0 Å². The summed E-state index contributed by atoms with van der Waals surface area (Å²) >= 11 is 0. The SMILES string of the molecule is COc1ccc(/C(O)=C2\C(=O)C(=O)N(CCCN3CCOCC3)[C@H]2c2cc(OC)ccc2OC)c(C)c1. The summed E-state index contributed by atoms with van der Waals surface area (Å²) in [5.41, 5.74) is 1.77. The number of rotatable bonds is 9. The maximum atomic E-state index is 13.4. The van der Waals surface area contributed by atoms with Gasteiger partial charge in [0, 0.05) is 37.3 Å². The smallest absolute Gasteiger partial charge is 0.295 e. The highest BCUT2D eigenvalue weighted by molar-refractivity contribution is 6.46. The van der Waals surface area contributed by atoms with Gasteiger partial charge >= 0.3 is 0 Å². The minimum atomic E-state index is -0.837. The number of nitrogens with zero attached hydrogens (tertiary/aromatic N) is 2. The van der Waals surface area contributed by atoms with Crippen molar-refractivity contribution in [3.8, 4) is 17.2 Å². The van der Waals surface area contributed by atoms with Crippen molar-refractivity contribution < 1.29 is 33.6 Å². The summed E-state index contributed by atoms with van der Waals surface area (Å²) in [5.74, 6) is 0.0600. The number of Topliss-reactive ketones (excluding diaryl/α,β-unsaturated/α-hetero) is 1. The molecular weight excluding hydrogens is 476 g/mol. The van der Waals surface area contributed by atoms with Crippen molar-refractivity contribution in [2.24, 2.45) is 0 Å². The molecule has 1 amide bonds. The van der Waals surface area contributed by atoms with Crippen LogP contribution < -0.4 is 14.2 Å². The van der Waals surface area contributed by atoms with Gasteiger partial charge in [0.1, 0.15) is 23.0 Å². The molecule has 1 atom stereocenters. The Balaban J connectivity index is 1.78. The molecule has 2 aromatic rings. The standard InChI is InChI=1S/C28H34N2O7/c1-18-16-19(34-2)6-8-21(18)26(31)24-25(22-17-20(35-3)7-9-23(22)36-4)30(28(33)27(24)32)11-5-10-29-12-14-37-15-13-29/h6-9,16-17,25,31H,5,10-15H2,1-4H3/b26-24+/t25-/m0/s1. The average Bonchev–Trinajstić information content (AvgIpc) is 3.17. The van der Waals surface area contributed by atoms with Crippen LogP contribution in [0.4, 0.5) is 0 Å². The number of likely N-dealkylation sites (tertiary alicyclic amines) is 1. The molecule has 2 fully saturated rings. The quantitative estimate of drug-likeness (QED) is 0.312. The van der Waals surface area contributed by atoms with Gasteiger partial charge in [0.2, 0.25) is 0 Å². The minimum Gasteiger partial charge on any atom is -0.507 e. The topological polar surface area (TPSA) is 97.8 Å². The normalized spacial score (nSPS) is 19.8. The van der Waals surface area contributed by atoms with Crippen LogP contribution in [-0.4, -0.2) is 87.3 Å². The van der Waals surface area contributed by atoms with E-state index < -0.39 is 17.7 Å². The van der Waals surface area contributed by atoms with Crippen molar-refractivity contribution in [3.05, 3.63) is 58.7 Å². The zero-order valence-electron chi connectivity index (χ0n) is 21.8. The molecule has 0 unspecified atom stereocenters. The van der Waals surface area contributed by atoms with Gasteiger partial charge in [-0.05, 0) is 55.3 Å². The van der Waals surface area contributed by atoms with Crippen molar-refractivity contribution >= 4 is 17.4 Å². The number of ether oxygens (including phenoxy) is 4. The second kappa shape index (κ2) is 11.7. The summed E-state index contributed by atoms with van der Waals surface area (Å²) in [5, 5.41) is 11.5. The molecule has 2 aromatic carbocycles. The Labute approximate surface area is 217 Å². The highest BCUT2D eigenvalue weighted by Crippen LogP contribution is 2.44. The van der Waals surface area contributed by atoms with Crippen LogP contribution in [0.5, 0.6) is 17.2 Å². The summed E-state index contributed by atoms with van der Waals surface area (Å²) in [6, 6.07) is 9.57. The summed E-state index contributed by atoms with van der Waals surface area (Å²) in [6.07, 6.45) is 0.664. The molecule has 4 rings (SSSR count). The molecule has 0 aromatic heterocycles. The lowest BCUT2D eigenvalue weighted by Gasteiger charge is -2.29. The number of carbonyl (C=O) groups is 2. The Hall–Kier alpha value is -3.56. The lowest BCUT2D eigenvalue weighted by Crippen LogP contribution is -2.39. The first-order valence-corrected chi connectivity index (χ1v) is 12.3. The molecule has 198 valence electrons. The van der Waals surface area contributed by atoms with E-state index in [2.05, 4.69) is 4.90 Å². The number of aliphatic hydroxyl groups is 1. The van der Waals surface area contributed by atoms with E-state index in [4.69, 9.17) is 18.9 Å². The monoisotopic (exact) mass is 510 g/mol. The fourth-order valence-electron chi connectivity index (χ4n) is 4.95. The van der Waals surface area contributed by atoms with Crippen molar-refractivity contribution in [1.82, 2.24) is 9.80 Å². The molecule has 9 nitrogen and oxygen atoms in total. The molecule has 0 spiro atoms. The summed E-state index contributed by atoms with van der Waals surface area (Å²) in [7, 11) is 4.64. The predicted molar refractivity (Wildman–Crippen MR) is 138 cm³/mol. The third-order valence-corrected chi connectivity index (χ3v) is 6.94. The molecule has 0 saturated carbocycles. The highest BCUT2D eigenvalue weighted by Gasteiger charge is 2.47. The first kappa shape index (κ1) is 26.5. The molecule has 2 saturated heterocycles. The van der Waals surface area contributed by atoms with Crippen molar-refractivity contribution in [2.75, 3.05) is 60.7 Å². The number of methoxy groups -OCH3 is 3. The van der Waals surface area contributed by atoms with E-state index in [9.17, 15) is 14.7 Å². The van der Waals surface area contributed by atoms with Crippen molar-refractivity contribution in [2.45, 2.75) is 19.4 Å². The lowest BCUT2D eigenvalue weighted by atomic mass is 9.93. The zero-order valence-corrected chi connectivity index (χ0v) is 21.8. The van der Waals surface area contributed by atoms with Gasteiger partial charge in [-0.3, -0.25) is 14.5 Å². The number of carbonyl (C=O) groups excluding carboxylic acids is 2. The van der Waals surface area contributed by atoms with Crippen LogP contribution in [-0.2, 0) is 14.3 Å². The fraction of sp³-hybridized carbons (Fsp3) is 0.429. The molecular formula is C28H34N2O7. The van der Waals surface area contributed by atoms with Crippen molar-refractivity contribution in [1.29, 1.82) is 0 Å². The van der Waals surface area contributed by atoms with E-state index in [1.54, 1.807) is 50.6 Å². The summed E-state index contributed by atoms with van der Waals surface area (Å²) < 4.78 is 21.8. The maximum Gasteiger partial charge on any atom is 0.295 e. The largest absolute Gasteiger partial charge is 0.507 e. The van der Waals surface area contributed by atoms with Gasteiger partial charge in [0.05, 0.1) is 46.2 Å². The third kappa shape index (κ3) is 5.42. The molecule has 0 aliphatic carbocycles. The summed E-state index contributed by atoms with van der Waals surface area (Å²) in [4.78, 5) is 30.6. The van der Waals surface area contributed by atoms with Crippen LogP contribution in [0, 0.1) is 6.92 Å². The van der Waals surface area contributed by atoms with E-state index >= 15 is 0 Å². The Kier molecular flexibility index (Phi) is 8.35. The van der Waals surface area contributed by atoms with E-state index in [0.717, 1.165) is 19.6 Å². The van der Waals surface area contributed by atoms with E-state index in [0.29, 0.717) is 60.1 Å². The first-order valence-electron chi connectivity index (χ1n) is 12.3. The number of morpholine rings is 1. The second-order valence-corrected chi connectivity index (χ2v) is 9.09. The van der Waals surface area contributed by atoms with E-state index in [1.165, 1.54) is 12.0 Å². The summed E-state index contributed by atoms with van der Waals surface area (Å²) in [6.45, 7) is 5.97. The Morgan fingerprint density at radius 3 is 2.30 bits per heavy atom. The number of benzene rings is 2. The lowest BCUT2D eigenvalue weighted by molar-refractivity contribution is -0.140. The number of hydrogen-bond acceptors (Lipinski definition) is 8. The number of aryl methyl sites for hydroxylation is 1. The molecule has 1 N–H and O–H groups in total. The third-order valence-electron chi connectivity index (χ3n) is 6.94. The average molecular weight is 511 g/mol. The Bertz CT molecular complexity index is 1190. The van der Waals surface area contributed by atoms with Gasteiger partial charge in [-0.1, -0.05) is 0 Å². The van der Waals surface area contributed by atoms with Gasteiger partial charge in [-0.25, -0.2) is 0 Å². The second-order valence-electron chi connectivity index (χ2n) is 9.09. The Morgan fingerprint density at radius 2 is 1.65 bits per heavy atom. The number of aliphatic hydroxyl groups excluding tert-OH is 1. The van der Waals surface area contributed by atoms with Crippen LogP contribution in [0.2, 0.25) is 0 Å². The van der Waals surface area contributed by atoms with E-state index in [-0.39, 0.29) is 11.3 Å². The first-order chi connectivity index (χ1) is 17.9.